The molecule has 11 heteroatoms. The van der Waals surface area contributed by atoms with E-state index in [1.54, 1.807) is 6.08 Å². The second kappa shape index (κ2) is 57.6. The van der Waals surface area contributed by atoms with Crippen LogP contribution >= 0.6 is 0 Å². The summed E-state index contributed by atoms with van der Waals surface area (Å²) >= 11 is 0. The van der Waals surface area contributed by atoms with Crippen LogP contribution in [0.3, 0.4) is 0 Å². The van der Waals surface area contributed by atoms with Gasteiger partial charge in [-0.1, -0.05) is 308 Å². The molecule has 0 aromatic rings. The van der Waals surface area contributed by atoms with Crippen molar-refractivity contribution in [2.24, 2.45) is 0 Å². The predicted octanol–water partition coefficient (Wildman–Crippen LogP) is 17.2. The van der Waals surface area contributed by atoms with Gasteiger partial charge in [0.05, 0.1) is 25.4 Å². The topological polar surface area (TPSA) is 175 Å². The Kier molecular flexibility index (Phi) is 54.8. The summed E-state index contributed by atoms with van der Waals surface area (Å²) in [5, 5.41) is 57.1. The van der Waals surface area contributed by atoms with Crippen LogP contribution < -0.4 is 5.32 Å². The summed E-state index contributed by atoms with van der Waals surface area (Å²) < 4.78 is 17.7. The molecular weight excluding hydrogens is 1000 g/mol. The second-order valence-corrected chi connectivity index (χ2v) is 24.3. The molecule has 1 fully saturated rings. The number of hydrogen-bond acceptors (Lipinski definition) is 10. The van der Waals surface area contributed by atoms with Gasteiger partial charge in [0.15, 0.2) is 12.4 Å². The summed E-state index contributed by atoms with van der Waals surface area (Å²) in [4.78, 5) is 26.6. The van der Waals surface area contributed by atoms with Crippen LogP contribution in [0.5, 0.6) is 0 Å². The molecule has 1 heterocycles. The van der Waals surface area contributed by atoms with Crippen molar-refractivity contribution in [3.63, 3.8) is 0 Å². The predicted molar refractivity (Wildman–Crippen MR) is 334 cm³/mol. The van der Waals surface area contributed by atoms with E-state index in [1.807, 2.05) is 6.08 Å². The van der Waals surface area contributed by atoms with Crippen LogP contribution in [-0.4, -0.2) is 99.6 Å². The summed E-state index contributed by atoms with van der Waals surface area (Å²) in [6, 6.07) is -1.02. The van der Waals surface area contributed by atoms with Crippen LogP contribution in [0, 0.1) is 0 Å². The zero-order chi connectivity index (χ0) is 58.2. The van der Waals surface area contributed by atoms with Gasteiger partial charge < -0.3 is 45.1 Å². The summed E-state index contributed by atoms with van der Waals surface area (Å²) in [7, 11) is 0. The maximum Gasteiger partial charge on any atom is 0.306 e. The number of rotatable bonds is 60. The van der Waals surface area contributed by atoms with Gasteiger partial charge in [-0.15, -0.1) is 0 Å². The normalized spacial score (nSPS) is 18.8. The third kappa shape index (κ3) is 44.6. The zero-order valence-corrected chi connectivity index (χ0v) is 52.5. The number of aliphatic hydroxyl groups is 5. The van der Waals surface area contributed by atoms with Gasteiger partial charge in [-0.3, -0.25) is 9.59 Å². The van der Waals surface area contributed by atoms with E-state index < -0.39 is 67.4 Å². The number of ether oxygens (including phenoxy) is 3. The van der Waals surface area contributed by atoms with E-state index in [0.717, 1.165) is 70.6 Å². The van der Waals surface area contributed by atoms with Crippen molar-refractivity contribution in [3.8, 4) is 0 Å². The minimum Gasteiger partial charge on any atom is -0.454 e. The first kappa shape index (κ1) is 76.2. The molecule has 1 aliphatic heterocycles. The Morgan fingerprint density at radius 2 is 0.825 bits per heavy atom. The lowest BCUT2D eigenvalue weighted by Gasteiger charge is -2.41. The minimum atomic E-state index is -1.61. The fraction of sp³-hybridized carbons (Fsp3) is 0.913. The third-order valence-electron chi connectivity index (χ3n) is 16.6. The van der Waals surface area contributed by atoms with Crippen LogP contribution in [-0.2, 0) is 23.8 Å². The van der Waals surface area contributed by atoms with Gasteiger partial charge in [-0.25, -0.2) is 0 Å². The van der Waals surface area contributed by atoms with Crippen LogP contribution in [0.1, 0.15) is 342 Å². The molecule has 1 rings (SSSR count). The molecule has 0 radical (unpaired) electrons. The van der Waals surface area contributed by atoms with Crippen LogP contribution in [0.4, 0.5) is 0 Å². The molecule has 1 aliphatic rings. The maximum absolute atomic E-state index is 13.4. The highest BCUT2D eigenvalue weighted by atomic mass is 16.7. The van der Waals surface area contributed by atoms with Gasteiger partial charge in [0, 0.05) is 6.42 Å². The molecule has 6 N–H and O–H groups in total. The Morgan fingerprint density at radius 1 is 0.475 bits per heavy atom. The molecule has 0 bridgehead atoms. The molecule has 1 saturated heterocycles. The number of hydrogen-bond donors (Lipinski definition) is 6. The summed E-state index contributed by atoms with van der Waals surface area (Å²) in [6.07, 6.45) is 57.9. The molecule has 0 aliphatic carbocycles. The van der Waals surface area contributed by atoms with Crippen LogP contribution in [0.25, 0.3) is 0 Å². The van der Waals surface area contributed by atoms with E-state index in [0.29, 0.717) is 12.8 Å². The molecule has 472 valence electrons. The Morgan fingerprint density at radius 3 is 1.21 bits per heavy atom. The summed E-state index contributed by atoms with van der Waals surface area (Å²) in [6.45, 7) is 5.83. The first-order valence-electron chi connectivity index (χ1n) is 34.6. The summed E-state index contributed by atoms with van der Waals surface area (Å²) in [5.41, 5.74) is 0. The first-order chi connectivity index (χ1) is 39.2. The molecular formula is C69H131NO10. The molecule has 80 heavy (non-hydrogen) atoms. The highest BCUT2D eigenvalue weighted by Gasteiger charge is 2.47. The monoisotopic (exact) mass is 1130 g/mol. The van der Waals surface area contributed by atoms with Crippen molar-refractivity contribution in [3.05, 3.63) is 24.3 Å². The number of nitrogens with one attached hydrogen (secondary N) is 1. The molecule has 0 spiro atoms. The van der Waals surface area contributed by atoms with Crippen molar-refractivity contribution in [1.29, 1.82) is 0 Å². The number of amides is 1. The van der Waals surface area contributed by atoms with Crippen LogP contribution in [0.2, 0.25) is 0 Å². The van der Waals surface area contributed by atoms with Gasteiger partial charge in [-0.2, -0.15) is 0 Å². The maximum atomic E-state index is 13.4. The summed E-state index contributed by atoms with van der Waals surface area (Å²) in [5.74, 6) is -1.18. The quantitative estimate of drug-likeness (QED) is 0.0195. The zero-order valence-electron chi connectivity index (χ0n) is 52.5. The Bertz CT molecular complexity index is 1400. The molecule has 0 saturated carbocycles. The van der Waals surface area contributed by atoms with Crippen molar-refractivity contribution >= 4 is 11.9 Å². The Hall–Kier alpha value is -1.86. The van der Waals surface area contributed by atoms with Gasteiger partial charge in [-0.05, 0) is 51.4 Å². The van der Waals surface area contributed by atoms with Crippen molar-refractivity contribution < 1.29 is 49.3 Å². The van der Waals surface area contributed by atoms with Crippen LogP contribution in [0.15, 0.2) is 24.3 Å². The largest absolute Gasteiger partial charge is 0.454 e. The van der Waals surface area contributed by atoms with E-state index in [-0.39, 0.29) is 19.4 Å². The highest BCUT2D eigenvalue weighted by molar-refractivity contribution is 5.80. The fourth-order valence-corrected chi connectivity index (χ4v) is 11.1. The first-order valence-corrected chi connectivity index (χ1v) is 34.6. The second-order valence-electron chi connectivity index (χ2n) is 24.3. The number of esters is 1. The van der Waals surface area contributed by atoms with Crippen molar-refractivity contribution in [2.75, 3.05) is 13.2 Å². The number of carbonyl (C=O) groups excluding carboxylic acids is 2. The van der Waals surface area contributed by atoms with E-state index in [2.05, 4.69) is 38.2 Å². The molecule has 8 unspecified atom stereocenters. The van der Waals surface area contributed by atoms with Gasteiger partial charge in [0.25, 0.3) is 0 Å². The molecule has 0 aromatic heterocycles. The Labute approximate surface area is 492 Å². The highest BCUT2D eigenvalue weighted by Crippen LogP contribution is 2.26. The third-order valence-corrected chi connectivity index (χ3v) is 16.6. The Balaban J connectivity index is 2.57. The smallest absolute Gasteiger partial charge is 0.306 e. The number of aliphatic hydroxyl groups excluding tert-OH is 5. The average Bonchev–Trinajstić information content (AvgIpc) is 3.46. The molecule has 8 atom stereocenters. The molecule has 0 aromatic carbocycles. The number of allylic oxidation sites excluding steroid dienone is 3. The van der Waals surface area contributed by atoms with E-state index in [1.165, 1.54) is 225 Å². The molecule has 11 nitrogen and oxygen atoms in total. The average molecular weight is 1130 g/mol. The lowest BCUT2D eigenvalue weighted by atomic mass is 9.99. The van der Waals surface area contributed by atoms with Crippen molar-refractivity contribution in [2.45, 2.75) is 391 Å². The van der Waals surface area contributed by atoms with E-state index >= 15 is 0 Å². The van der Waals surface area contributed by atoms with E-state index in [4.69, 9.17) is 14.2 Å². The lowest BCUT2D eigenvalue weighted by molar-refractivity contribution is -0.305. The fourth-order valence-electron chi connectivity index (χ4n) is 11.1. The standard InChI is InChI=1S/C69H131NO10/c1-4-7-10-13-16-19-22-25-27-29-30-31-32-33-34-35-37-39-42-45-48-51-54-57-64(74)80-67-66(76)65(75)63(58-71)79-69(67)78-59-60(61(72)55-52-49-46-43-40-24-21-18-15-12-9-6-3)70-68(77)62(73)56-53-50-47-44-41-38-36-28-26-23-20-17-14-11-8-5-2/h26,28,52,55,60-63,65-67,69,71-73,75-76H,4-25,27,29-51,53-54,56-59H2,1-3H3,(H,70,77)/b28-26+,55-52+. The van der Waals surface area contributed by atoms with Gasteiger partial charge >= 0.3 is 5.97 Å². The van der Waals surface area contributed by atoms with Gasteiger partial charge in [0.1, 0.15) is 24.4 Å². The SMILES string of the molecule is CCCCCCCC/C=C/CCCCCCCCC(O)C(=O)NC(COC1OC(CO)C(O)C(O)C1OC(=O)CCCCCCCCCCCCCCCCCCCCCCCCC)C(O)/C=C/CCCCCCCCCCCC. The van der Waals surface area contributed by atoms with E-state index in [9.17, 15) is 35.1 Å². The van der Waals surface area contributed by atoms with Crippen molar-refractivity contribution in [1.82, 2.24) is 5.32 Å². The van der Waals surface area contributed by atoms with Gasteiger partial charge in [0.2, 0.25) is 5.91 Å². The molecule has 1 amide bonds. The minimum absolute atomic E-state index is 0.130. The number of unbranched alkanes of at least 4 members (excludes halogenated alkanes) is 44. The number of carbonyl (C=O) groups is 2. The lowest BCUT2D eigenvalue weighted by Crippen LogP contribution is -2.61.